The lowest BCUT2D eigenvalue weighted by Gasteiger charge is -2.30. The lowest BCUT2D eigenvalue weighted by Crippen LogP contribution is -2.31. The van der Waals surface area contributed by atoms with Crippen LogP contribution in [0.4, 0.5) is 0 Å². The Morgan fingerprint density at radius 2 is 1.78 bits per heavy atom. The van der Waals surface area contributed by atoms with E-state index in [-0.39, 0.29) is 23.3 Å². The van der Waals surface area contributed by atoms with Crippen molar-refractivity contribution in [3.63, 3.8) is 0 Å². The number of hydrogen-bond acceptors (Lipinski definition) is 7. The van der Waals surface area contributed by atoms with Crippen LogP contribution < -0.4 is 5.32 Å². The molecule has 1 aliphatic rings. The fourth-order valence-corrected chi connectivity index (χ4v) is 6.78. The molecule has 2 aromatic carbocycles. The Balaban J connectivity index is 1.27. The Morgan fingerprint density at radius 3 is 2.46 bits per heavy atom. The van der Waals surface area contributed by atoms with E-state index in [2.05, 4.69) is 29.4 Å². The number of aryl methyl sites for hydroxylation is 1. The van der Waals surface area contributed by atoms with E-state index >= 15 is 0 Å². The van der Waals surface area contributed by atoms with Crippen LogP contribution in [0.3, 0.4) is 0 Å². The van der Waals surface area contributed by atoms with Gasteiger partial charge in [0.2, 0.25) is 5.91 Å². The lowest BCUT2D eigenvalue weighted by atomic mass is 9.94. The molecular weight excluding hydrogens is 502 g/mol. The molecule has 0 atom stereocenters. The minimum absolute atomic E-state index is 0.0713. The second kappa shape index (κ2) is 9.55. The molecule has 9 heteroatoms. The predicted octanol–water partition coefficient (Wildman–Crippen LogP) is 5.50. The molecule has 37 heavy (non-hydrogen) atoms. The first-order valence-electron chi connectivity index (χ1n) is 12.2. The smallest absolute Gasteiger partial charge is 0.231 e. The molecule has 0 radical (unpaired) electrons. The molecule has 5 aromatic rings. The molecule has 1 amide bonds. The van der Waals surface area contributed by atoms with Gasteiger partial charge >= 0.3 is 0 Å². The van der Waals surface area contributed by atoms with Gasteiger partial charge in [0.15, 0.2) is 10.8 Å². The summed E-state index contributed by atoms with van der Waals surface area (Å²) >= 11 is 3.05. The van der Waals surface area contributed by atoms with Crippen LogP contribution in [0.2, 0.25) is 0 Å². The topological polar surface area (TPSA) is 81.4 Å². The van der Waals surface area contributed by atoms with Crippen molar-refractivity contribution in [1.82, 2.24) is 24.9 Å². The number of thioether (sulfide) groups is 1. The monoisotopic (exact) mass is 529 g/mol. The zero-order valence-electron chi connectivity index (χ0n) is 20.9. The van der Waals surface area contributed by atoms with Gasteiger partial charge in [-0.3, -0.25) is 9.20 Å². The highest BCUT2D eigenvalue weighted by Crippen LogP contribution is 2.40. The summed E-state index contributed by atoms with van der Waals surface area (Å²) in [6.07, 6.45) is 0.806. The summed E-state index contributed by atoms with van der Waals surface area (Å²) in [5.74, 6) is 0.954. The number of carbonyl (C=O) groups is 1. The van der Waals surface area contributed by atoms with E-state index in [0.29, 0.717) is 11.8 Å². The van der Waals surface area contributed by atoms with Crippen molar-refractivity contribution in [3.8, 4) is 0 Å². The number of thiophene rings is 1. The molecule has 0 spiro atoms. The molecule has 1 N–H and O–H groups in total. The minimum atomic E-state index is -0.230. The van der Waals surface area contributed by atoms with Crippen LogP contribution in [0.25, 0.3) is 15.9 Å². The Hall–Kier alpha value is -3.27. The van der Waals surface area contributed by atoms with Gasteiger partial charge in [0.1, 0.15) is 10.7 Å². The second-order valence-electron chi connectivity index (χ2n) is 9.82. The fourth-order valence-electron chi connectivity index (χ4n) is 4.85. The highest BCUT2D eigenvalue weighted by atomic mass is 32.2. The van der Waals surface area contributed by atoms with E-state index in [1.54, 1.807) is 11.3 Å². The van der Waals surface area contributed by atoms with Crippen LogP contribution in [0.5, 0.6) is 0 Å². The van der Waals surface area contributed by atoms with E-state index < -0.39 is 0 Å². The maximum atomic E-state index is 13.1. The highest BCUT2D eigenvalue weighted by molar-refractivity contribution is 7.99. The van der Waals surface area contributed by atoms with Gasteiger partial charge in [-0.1, -0.05) is 72.4 Å². The number of rotatable bonds is 6. The molecule has 4 heterocycles. The van der Waals surface area contributed by atoms with Crippen LogP contribution >= 0.6 is 23.1 Å². The van der Waals surface area contributed by atoms with Crippen LogP contribution in [0, 0.1) is 6.92 Å². The van der Waals surface area contributed by atoms with E-state index in [1.165, 1.54) is 22.2 Å². The van der Waals surface area contributed by atoms with Crippen molar-refractivity contribution in [2.75, 3.05) is 5.75 Å². The summed E-state index contributed by atoms with van der Waals surface area (Å²) in [6.45, 7) is 6.77. The molecule has 7 nitrogen and oxygen atoms in total. The number of nitrogens with one attached hydrogen (secondary N) is 1. The molecule has 6 rings (SSSR count). The SMILES string of the molecule is Cc1nc2sc3c(c2c2nnc(SCC(=O)NC(c4ccccc4)c4ccccc4)n12)CC(C)(C)OC3. The summed E-state index contributed by atoms with van der Waals surface area (Å²) in [6, 6.07) is 19.8. The summed E-state index contributed by atoms with van der Waals surface area (Å²) in [5, 5.41) is 13.9. The molecule has 0 saturated carbocycles. The van der Waals surface area contributed by atoms with Gasteiger partial charge in [-0.15, -0.1) is 21.5 Å². The van der Waals surface area contributed by atoms with Gasteiger partial charge in [-0.25, -0.2) is 4.98 Å². The molecule has 0 bridgehead atoms. The molecule has 3 aromatic heterocycles. The first-order chi connectivity index (χ1) is 17.9. The van der Waals surface area contributed by atoms with Gasteiger partial charge in [0.25, 0.3) is 0 Å². The number of aromatic nitrogens is 4. The maximum Gasteiger partial charge on any atom is 0.231 e. The largest absolute Gasteiger partial charge is 0.370 e. The van der Waals surface area contributed by atoms with Crippen molar-refractivity contribution in [3.05, 3.63) is 88.1 Å². The molecule has 0 fully saturated rings. The first-order valence-corrected chi connectivity index (χ1v) is 14.0. The van der Waals surface area contributed by atoms with Gasteiger partial charge in [-0.2, -0.15) is 0 Å². The zero-order chi connectivity index (χ0) is 25.6. The van der Waals surface area contributed by atoms with E-state index in [1.807, 2.05) is 72.0 Å². The summed E-state index contributed by atoms with van der Waals surface area (Å²) in [5.41, 5.74) is 3.90. The maximum absolute atomic E-state index is 13.1. The number of amides is 1. The minimum Gasteiger partial charge on any atom is -0.370 e. The number of benzene rings is 2. The average Bonchev–Trinajstić information content (AvgIpc) is 3.47. The lowest BCUT2D eigenvalue weighted by molar-refractivity contribution is -0.119. The Labute approximate surface area is 223 Å². The van der Waals surface area contributed by atoms with Crippen molar-refractivity contribution >= 4 is 44.9 Å². The third-order valence-electron chi connectivity index (χ3n) is 6.62. The van der Waals surface area contributed by atoms with Crippen LogP contribution in [-0.2, 0) is 22.6 Å². The number of carbonyl (C=O) groups excluding carboxylic acids is 1. The van der Waals surface area contributed by atoms with E-state index in [4.69, 9.17) is 9.72 Å². The molecule has 0 aliphatic carbocycles. The number of ether oxygens (including phenoxy) is 1. The summed E-state index contributed by atoms with van der Waals surface area (Å²) < 4.78 is 7.99. The van der Waals surface area contributed by atoms with Gasteiger partial charge in [-0.05, 0) is 37.5 Å². The van der Waals surface area contributed by atoms with Crippen molar-refractivity contribution in [1.29, 1.82) is 0 Å². The fraction of sp³-hybridized carbons (Fsp3) is 0.286. The van der Waals surface area contributed by atoms with Crippen molar-refractivity contribution in [2.24, 2.45) is 0 Å². The predicted molar refractivity (Wildman–Crippen MR) is 147 cm³/mol. The molecular formula is C28H27N5O2S2. The Morgan fingerprint density at radius 1 is 1.11 bits per heavy atom. The normalized spacial score (nSPS) is 14.8. The van der Waals surface area contributed by atoms with Crippen LogP contribution in [-0.4, -0.2) is 36.8 Å². The van der Waals surface area contributed by atoms with Gasteiger partial charge in [0, 0.05) is 11.3 Å². The van der Waals surface area contributed by atoms with Gasteiger partial charge in [0.05, 0.1) is 29.4 Å². The van der Waals surface area contributed by atoms with Crippen molar-refractivity contribution < 1.29 is 9.53 Å². The Kier molecular flexibility index (Phi) is 6.22. The zero-order valence-corrected chi connectivity index (χ0v) is 22.5. The third kappa shape index (κ3) is 4.63. The highest BCUT2D eigenvalue weighted by Gasteiger charge is 2.31. The molecule has 188 valence electrons. The second-order valence-corrected chi connectivity index (χ2v) is 11.8. The molecule has 0 saturated heterocycles. The van der Waals surface area contributed by atoms with Gasteiger partial charge < -0.3 is 10.1 Å². The van der Waals surface area contributed by atoms with Crippen LogP contribution in [0.1, 0.15) is 47.3 Å². The number of nitrogens with zero attached hydrogens (tertiary/aromatic N) is 4. The quantitative estimate of drug-likeness (QED) is 0.293. The number of hydrogen-bond donors (Lipinski definition) is 1. The summed E-state index contributed by atoms with van der Waals surface area (Å²) in [7, 11) is 0. The third-order valence-corrected chi connectivity index (χ3v) is 8.64. The first kappa shape index (κ1) is 24.1. The van der Waals surface area contributed by atoms with Crippen molar-refractivity contribution in [2.45, 2.75) is 50.6 Å². The van der Waals surface area contributed by atoms with Crippen LogP contribution in [0.15, 0.2) is 65.8 Å². The molecule has 0 unspecified atom stereocenters. The summed E-state index contributed by atoms with van der Waals surface area (Å²) in [4.78, 5) is 20.2. The average molecular weight is 530 g/mol. The van der Waals surface area contributed by atoms with E-state index in [0.717, 1.165) is 39.2 Å². The van der Waals surface area contributed by atoms with E-state index in [9.17, 15) is 4.79 Å². The Bertz CT molecular complexity index is 1560. The molecule has 1 aliphatic heterocycles. The standard InChI is InChI=1S/C28H27N5O2S2/c1-17-29-26-23(20-14-28(2,3)35-15-21(20)37-26)25-31-32-27(33(17)25)36-16-22(34)30-24(18-10-6-4-7-11-18)19-12-8-5-9-13-19/h4-13,24H,14-16H2,1-3H3,(H,30,34). The number of fused-ring (bicyclic) bond motifs is 5.